The smallest absolute Gasteiger partial charge is 0.129 e. The number of aryl methyl sites for hydroxylation is 1. The summed E-state index contributed by atoms with van der Waals surface area (Å²) in [5, 5.41) is 0. The van der Waals surface area contributed by atoms with Gasteiger partial charge in [-0.25, -0.2) is 0 Å². The molecule has 0 aliphatic rings. The number of rotatable bonds is 8. The quantitative estimate of drug-likeness (QED) is 0.649. The number of ether oxygens (including phenoxy) is 1. The van der Waals surface area contributed by atoms with E-state index >= 15 is 0 Å². The third-order valence-electron chi connectivity index (χ3n) is 2.73. The number of benzene rings is 1. The van der Waals surface area contributed by atoms with Gasteiger partial charge in [-0.05, 0) is 49.8 Å². The lowest BCUT2D eigenvalue weighted by Crippen LogP contribution is -2.04. The van der Waals surface area contributed by atoms with E-state index in [9.17, 15) is 4.79 Å². The first-order chi connectivity index (χ1) is 8.58. The van der Waals surface area contributed by atoms with Crippen molar-refractivity contribution in [3.63, 3.8) is 0 Å². The summed E-state index contributed by atoms with van der Waals surface area (Å²) in [7, 11) is 0. The van der Waals surface area contributed by atoms with Gasteiger partial charge in [-0.3, -0.25) is 0 Å². The largest absolute Gasteiger partial charge is 0.493 e. The number of carbonyl (C=O) groups is 1. The lowest BCUT2D eigenvalue weighted by atomic mass is 10.1. The number of carbonyl (C=O) groups excluding carboxylic acids is 1. The highest BCUT2D eigenvalue weighted by Crippen LogP contribution is 2.16. The summed E-state index contributed by atoms with van der Waals surface area (Å²) in [4.78, 5) is 10.8. The average molecular weight is 248 g/mol. The molecule has 100 valence electrons. The van der Waals surface area contributed by atoms with Crippen molar-refractivity contribution in [2.45, 2.75) is 46.5 Å². The van der Waals surface area contributed by atoms with Gasteiger partial charge in [-0.1, -0.05) is 26.0 Å². The molecule has 0 heterocycles. The lowest BCUT2D eigenvalue weighted by Gasteiger charge is -2.10. The van der Waals surface area contributed by atoms with E-state index < -0.39 is 0 Å². The summed E-state index contributed by atoms with van der Waals surface area (Å²) in [6, 6.07) is 8.27. The van der Waals surface area contributed by atoms with Gasteiger partial charge in [-0.15, -0.1) is 0 Å². The second kappa shape index (κ2) is 7.91. The van der Waals surface area contributed by atoms with Crippen LogP contribution in [-0.2, 0) is 11.2 Å². The Morgan fingerprint density at radius 3 is 2.72 bits per heavy atom. The molecule has 0 saturated heterocycles. The van der Waals surface area contributed by atoms with Gasteiger partial charge in [0.25, 0.3) is 0 Å². The SMILES string of the molecule is CC(=O)CCCCc1cccc(OCC(C)C)c1. The molecule has 2 nitrogen and oxygen atoms in total. The predicted octanol–water partition coefficient (Wildman–Crippen LogP) is 4.02. The highest BCUT2D eigenvalue weighted by molar-refractivity contribution is 5.75. The second-order valence-corrected chi connectivity index (χ2v) is 5.26. The van der Waals surface area contributed by atoms with Gasteiger partial charge < -0.3 is 9.53 Å². The first-order valence-electron chi connectivity index (χ1n) is 6.79. The van der Waals surface area contributed by atoms with Gasteiger partial charge in [0.2, 0.25) is 0 Å². The van der Waals surface area contributed by atoms with Gasteiger partial charge in [-0.2, -0.15) is 0 Å². The van der Waals surface area contributed by atoms with Gasteiger partial charge in [0.1, 0.15) is 11.5 Å². The molecule has 1 rings (SSSR count). The highest BCUT2D eigenvalue weighted by atomic mass is 16.5. The van der Waals surface area contributed by atoms with Gasteiger partial charge in [0.15, 0.2) is 0 Å². The van der Waals surface area contributed by atoms with E-state index in [1.807, 2.05) is 12.1 Å². The summed E-state index contributed by atoms with van der Waals surface area (Å²) >= 11 is 0. The Hall–Kier alpha value is -1.31. The minimum atomic E-state index is 0.281. The maximum atomic E-state index is 10.8. The molecule has 0 atom stereocenters. The lowest BCUT2D eigenvalue weighted by molar-refractivity contribution is -0.117. The van der Waals surface area contributed by atoms with Crippen LogP contribution in [0.3, 0.4) is 0 Å². The van der Waals surface area contributed by atoms with Crippen LogP contribution in [0.25, 0.3) is 0 Å². The maximum Gasteiger partial charge on any atom is 0.129 e. The molecule has 2 heteroatoms. The van der Waals surface area contributed by atoms with E-state index in [0.717, 1.165) is 31.6 Å². The molecule has 0 radical (unpaired) electrons. The van der Waals surface area contributed by atoms with Crippen molar-refractivity contribution < 1.29 is 9.53 Å². The molecular weight excluding hydrogens is 224 g/mol. The molecule has 0 N–H and O–H groups in total. The van der Waals surface area contributed by atoms with Crippen molar-refractivity contribution >= 4 is 5.78 Å². The van der Waals surface area contributed by atoms with E-state index in [0.29, 0.717) is 12.3 Å². The molecule has 0 spiro atoms. The van der Waals surface area contributed by atoms with Crippen molar-refractivity contribution in [3.8, 4) is 5.75 Å². The zero-order chi connectivity index (χ0) is 13.4. The Morgan fingerprint density at radius 2 is 2.06 bits per heavy atom. The molecule has 0 aromatic heterocycles. The molecule has 0 amide bonds. The minimum Gasteiger partial charge on any atom is -0.493 e. The first kappa shape index (κ1) is 14.7. The Labute approximate surface area is 110 Å². The number of hydrogen-bond donors (Lipinski definition) is 0. The zero-order valence-corrected chi connectivity index (χ0v) is 11.7. The van der Waals surface area contributed by atoms with Crippen LogP contribution in [0.2, 0.25) is 0 Å². The van der Waals surface area contributed by atoms with Crippen molar-refractivity contribution in [1.29, 1.82) is 0 Å². The normalized spacial score (nSPS) is 10.7. The van der Waals surface area contributed by atoms with Crippen LogP contribution < -0.4 is 4.74 Å². The van der Waals surface area contributed by atoms with Crippen molar-refractivity contribution in [1.82, 2.24) is 0 Å². The third-order valence-corrected chi connectivity index (χ3v) is 2.73. The van der Waals surface area contributed by atoms with Gasteiger partial charge in [0.05, 0.1) is 6.61 Å². The second-order valence-electron chi connectivity index (χ2n) is 5.26. The number of hydrogen-bond acceptors (Lipinski definition) is 2. The van der Waals surface area contributed by atoms with E-state index in [-0.39, 0.29) is 5.78 Å². The summed E-state index contributed by atoms with van der Waals surface area (Å²) in [6.07, 6.45) is 3.76. The number of ketones is 1. The summed E-state index contributed by atoms with van der Waals surface area (Å²) in [5.74, 6) is 1.78. The van der Waals surface area contributed by atoms with E-state index in [4.69, 9.17) is 4.74 Å². The average Bonchev–Trinajstić information content (AvgIpc) is 2.32. The molecule has 0 fully saturated rings. The Kier molecular flexibility index (Phi) is 6.48. The topological polar surface area (TPSA) is 26.3 Å². The van der Waals surface area contributed by atoms with E-state index in [1.165, 1.54) is 5.56 Å². The van der Waals surface area contributed by atoms with Crippen LogP contribution in [0.4, 0.5) is 0 Å². The van der Waals surface area contributed by atoms with Crippen molar-refractivity contribution in [2.24, 2.45) is 5.92 Å². The van der Waals surface area contributed by atoms with Crippen LogP contribution in [0.1, 0.15) is 45.6 Å². The van der Waals surface area contributed by atoms with Crippen molar-refractivity contribution in [2.75, 3.05) is 6.61 Å². The van der Waals surface area contributed by atoms with Gasteiger partial charge >= 0.3 is 0 Å². The summed E-state index contributed by atoms with van der Waals surface area (Å²) < 4.78 is 5.70. The highest BCUT2D eigenvalue weighted by Gasteiger charge is 2.00. The van der Waals surface area contributed by atoms with E-state index in [1.54, 1.807) is 6.92 Å². The van der Waals surface area contributed by atoms with Crippen LogP contribution in [0.15, 0.2) is 24.3 Å². The third kappa shape index (κ3) is 6.43. The Bertz CT molecular complexity index is 369. The minimum absolute atomic E-state index is 0.281. The van der Waals surface area contributed by atoms with E-state index in [2.05, 4.69) is 26.0 Å². The summed E-state index contributed by atoms with van der Waals surface area (Å²) in [5.41, 5.74) is 1.29. The summed E-state index contributed by atoms with van der Waals surface area (Å²) in [6.45, 7) is 6.70. The van der Waals surface area contributed by atoms with Crippen LogP contribution in [0, 0.1) is 5.92 Å². The standard InChI is InChI=1S/C16H24O2/c1-13(2)12-18-16-10-6-9-15(11-16)8-5-4-7-14(3)17/h6,9-11,13H,4-5,7-8,12H2,1-3H3. The van der Waals surface area contributed by atoms with Gasteiger partial charge in [0, 0.05) is 6.42 Å². The molecular formula is C16H24O2. The fourth-order valence-electron chi connectivity index (χ4n) is 1.76. The molecule has 0 saturated carbocycles. The van der Waals surface area contributed by atoms with Crippen LogP contribution in [-0.4, -0.2) is 12.4 Å². The number of Topliss-reactive ketones (excluding diaryl/α,β-unsaturated/α-hetero) is 1. The molecule has 0 bridgehead atoms. The van der Waals surface area contributed by atoms with Crippen molar-refractivity contribution in [3.05, 3.63) is 29.8 Å². The molecule has 0 unspecified atom stereocenters. The Balaban J connectivity index is 2.37. The number of unbranched alkanes of at least 4 members (excludes halogenated alkanes) is 1. The monoisotopic (exact) mass is 248 g/mol. The fraction of sp³-hybridized carbons (Fsp3) is 0.562. The molecule has 1 aromatic rings. The maximum absolute atomic E-state index is 10.8. The molecule has 0 aliphatic heterocycles. The van der Waals surface area contributed by atoms with Crippen LogP contribution >= 0.6 is 0 Å². The first-order valence-corrected chi connectivity index (χ1v) is 6.79. The molecule has 1 aromatic carbocycles. The fourth-order valence-corrected chi connectivity index (χ4v) is 1.76. The molecule has 18 heavy (non-hydrogen) atoms. The van der Waals surface area contributed by atoms with Crippen LogP contribution in [0.5, 0.6) is 5.75 Å². The predicted molar refractivity (Wildman–Crippen MR) is 75.0 cm³/mol. The molecule has 0 aliphatic carbocycles. The Morgan fingerprint density at radius 1 is 1.28 bits per heavy atom. The zero-order valence-electron chi connectivity index (χ0n) is 11.7.